The topological polar surface area (TPSA) is 28.0 Å². The maximum absolute atomic E-state index is 4.11. The van der Waals surface area contributed by atoms with Crippen molar-refractivity contribution in [3.8, 4) is 0 Å². The molecule has 3 heteroatoms. The Hall–Kier alpha value is -0.660. The van der Waals surface area contributed by atoms with Gasteiger partial charge < -0.3 is 4.90 Å². The summed E-state index contributed by atoms with van der Waals surface area (Å²) in [5.74, 6) is 0. The van der Waals surface area contributed by atoms with Crippen molar-refractivity contribution in [1.82, 2.24) is 4.90 Å². The Morgan fingerprint density at radius 2 is 1.86 bits per heavy atom. The second kappa shape index (κ2) is 8.92. The van der Waals surface area contributed by atoms with Crippen LogP contribution in [0, 0.1) is 0 Å². The van der Waals surface area contributed by atoms with Crippen molar-refractivity contribution in [3.05, 3.63) is 0 Å². The summed E-state index contributed by atoms with van der Waals surface area (Å²) >= 11 is 0. The van der Waals surface area contributed by atoms with Crippen molar-refractivity contribution in [1.29, 1.82) is 0 Å². The summed E-state index contributed by atoms with van der Waals surface area (Å²) in [5, 5.41) is 0. The van der Waals surface area contributed by atoms with Gasteiger partial charge in [-0.05, 0) is 39.9 Å². The van der Waals surface area contributed by atoms with E-state index in [1.54, 1.807) is 0 Å². The highest BCUT2D eigenvalue weighted by atomic mass is 15.1. The smallest absolute Gasteiger partial charge is 0.0895 e. The van der Waals surface area contributed by atoms with Crippen LogP contribution in [0.25, 0.3) is 0 Å². The largest absolute Gasteiger partial charge is 0.304 e. The maximum atomic E-state index is 4.11. The van der Waals surface area contributed by atoms with Gasteiger partial charge in [0.05, 0.1) is 18.6 Å². The summed E-state index contributed by atoms with van der Waals surface area (Å²) in [6.07, 6.45) is 1.10. The van der Waals surface area contributed by atoms with Gasteiger partial charge in [0.1, 0.15) is 0 Å². The molecule has 82 valence electrons. The highest BCUT2D eigenvalue weighted by Gasteiger charge is 1.96. The van der Waals surface area contributed by atoms with E-state index in [1.165, 1.54) is 0 Å². The Morgan fingerprint density at radius 1 is 1.21 bits per heavy atom. The summed E-state index contributed by atoms with van der Waals surface area (Å²) in [6.45, 7) is 12.6. The van der Waals surface area contributed by atoms with Crippen LogP contribution < -0.4 is 0 Å². The van der Waals surface area contributed by atoms with Crippen LogP contribution in [0.4, 0.5) is 0 Å². The fraction of sp³-hybridized carbons (Fsp3) is 0.909. The molecule has 0 saturated carbocycles. The van der Waals surface area contributed by atoms with Crippen molar-refractivity contribution < 1.29 is 0 Å². The maximum Gasteiger partial charge on any atom is 0.0895 e. The van der Waals surface area contributed by atoms with E-state index in [0.717, 1.165) is 32.6 Å². The third-order valence-electron chi connectivity index (χ3n) is 2.03. The molecule has 0 aromatic heterocycles. The van der Waals surface area contributed by atoms with Gasteiger partial charge in [0.15, 0.2) is 0 Å². The zero-order chi connectivity index (χ0) is 10.8. The molecule has 0 bridgehead atoms. The predicted octanol–water partition coefficient (Wildman–Crippen LogP) is 2.30. The molecular weight excluding hydrogens is 174 g/mol. The van der Waals surface area contributed by atoms with Gasteiger partial charge in [-0.3, -0.25) is 0 Å². The van der Waals surface area contributed by atoms with Crippen molar-refractivity contribution in [2.45, 2.75) is 40.2 Å². The first-order valence-electron chi connectivity index (χ1n) is 5.54. The normalized spacial score (nSPS) is 10.4. The van der Waals surface area contributed by atoms with E-state index in [4.69, 9.17) is 0 Å². The van der Waals surface area contributed by atoms with Crippen molar-refractivity contribution >= 4 is 6.01 Å². The van der Waals surface area contributed by atoms with Gasteiger partial charge in [-0.25, -0.2) is 9.98 Å². The molecule has 0 amide bonds. The first-order valence-corrected chi connectivity index (χ1v) is 5.54. The van der Waals surface area contributed by atoms with E-state index < -0.39 is 0 Å². The molecular formula is C11H23N3. The van der Waals surface area contributed by atoms with E-state index in [1.807, 2.05) is 13.8 Å². The molecule has 0 aliphatic heterocycles. The third-order valence-corrected chi connectivity index (χ3v) is 2.03. The molecule has 0 saturated heterocycles. The van der Waals surface area contributed by atoms with Crippen LogP contribution in [-0.4, -0.2) is 43.1 Å². The van der Waals surface area contributed by atoms with Crippen LogP contribution in [0.5, 0.6) is 0 Å². The second-order valence-electron chi connectivity index (χ2n) is 3.59. The molecule has 0 radical (unpaired) electrons. The lowest BCUT2D eigenvalue weighted by molar-refractivity contribution is 0.302. The third kappa shape index (κ3) is 7.96. The summed E-state index contributed by atoms with van der Waals surface area (Å²) in [4.78, 5) is 10.6. The molecule has 0 aliphatic carbocycles. The minimum Gasteiger partial charge on any atom is -0.304 e. The van der Waals surface area contributed by atoms with Gasteiger partial charge >= 0.3 is 0 Å². The number of hydrogen-bond donors (Lipinski definition) is 0. The van der Waals surface area contributed by atoms with Gasteiger partial charge in [0.25, 0.3) is 0 Å². The van der Waals surface area contributed by atoms with Gasteiger partial charge in [-0.15, -0.1) is 0 Å². The molecule has 0 aromatic rings. The van der Waals surface area contributed by atoms with Gasteiger partial charge in [-0.1, -0.05) is 13.8 Å². The summed E-state index contributed by atoms with van der Waals surface area (Å²) in [6, 6.07) is 3.03. The molecule has 0 atom stereocenters. The summed E-state index contributed by atoms with van der Waals surface area (Å²) in [7, 11) is 0. The predicted molar refractivity (Wildman–Crippen MR) is 62.3 cm³/mol. The molecule has 0 aromatic carbocycles. The standard InChI is InChI=1S/C11H23N3/c1-5-14(6-2)9-7-8-12-10-13-11(3)4/h11H,5-9H2,1-4H3. The average Bonchev–Trinajstić information content (AvgIpc) is 2.16. The molecule has 0 rings (SSSR count). The van der Waals surface area contributed by atoms with Crippen molar-refractivity contribution in [2.24, 2.45) is 9.98 Å². The Kier molecular flexibility index (Phi) is 8.50. The van der Waals surface area contributed by atoms with Crippen LogP contribution in [0.2, 0.25) is 0 Å². The average molecular weight is 197 g/mol. The van der Waals surface area contributed by atoms with Crippen LogP contribution in [0.1, 0.15) is 34.1 Å². The van der Waals surface area contributed by atoms with E-state index >= 15 is 0 Å². The number of rotatable bonds is 7. The highest BCUT2D eigenvalue weighted by molar-refractivity contribution is 5.41. The van der Waals surface area contributed by atoms with Crippen LogP contribution in [0.15, 0.2) is 9.98 Å². The SMILES string of the molecule is CCN(CC)CCCN=C=NC(C)C. The Labute approximate surface area is 87.9 Å². The molecule has 0 fully saturated rings. The van der Waals surface area contributed by atoms with E-state index in [-0.39, 0.29) is 0 Å². The minimum absolute atomic E-state index is 0.307. The first kappa shape index (κ1) is 13.3. The summed E-state index contributed by atoms with van der Waals surface area (Å²) < 4.78 is 0. The molecule has 0 unspecified atom stereocenters. The highest BCUT2D eigenvalue weighted by Crippen LogP contribution is 1.90. The molecule has 0 aliphatic rings. The zero-order valence-corrected chi connectivity index (χ0v) is 9.95. The number of hydrogen-bond acceptors (Lipinski definition) is 3. The van der Waals surface area contributed by atoms with Crippen LogP contribution >= 0.6 is 0 Å². The first-order chi connectivity index (χ1) is 6.70. The Balaban J connectivity index is 3.50. The fourth-order valence-corrected chi connectivity index (χ4v) is 1.12. The van der Waals surface area contributed by atoms with Gasteiger partial charge in [0, 0.05) is 0 Å². The Morgan fingerprint density at radius 3 is 2.36 bits per heavy atom. The van der Waals surface area contributed by atoms with Crippen LogP contribution in [0.3, 0.4) is 0 Å². The quantitative estimate of drug-likeness (QED) is 0.454. The van der Waals surface area contributed by atoms with E-state index in [0.29, 0.717) is 6.04 Å². The lowest BCUT2D eigenvalue weighted by Crippen LogP contribution is -2.24. The zero-order valence-electron chi connectivity index (χ0n) is 9.95. The van der Waals surface area contributed by atoms with Crippen molar-refractivity contribution in [2.75, 3.05) is 26.2 Å². The van der Waals surface area contributed by atoms with Gasteiger partial charge in [0.2, 0.25) is 0 Å². The molecule has 0 N–H and O–H groups in total. The van der Waals surface area contributed by atoms with Gasteiger partial charge in [-0.2, -0.15) is 0 Å². The minimum atomic E-state index is 0.307. The monoisotopic (exact) mass is 197 g/mol. The van der Waals surface area contributed by atoms with Crippen molar-refractivity contribution in [3.63, 3.8) is 0 Å². The summed E-state index contributed by atoms with van der Waals surface area (Å²) in [5.41, 5.74) is 0. The number of aliphatic imine (C=N–C) groups is 2. The second-order valence-corrected chi connectivity index (χ2v) is 3.59. The van der Waals surface area contributed by atoms with E-state index in [9.17, 15) is 0 Å². The molecule has 0 heterocycles. The molecule has 14 heavy (non-hydrogen) atoms. The van der Waals surface area contributed by atoms with E-state index in [2.05, 4.69) is 34.7 Å². The lowest BCUT2D eigenvalue weighted by atomic mass is 10.4. The fourth-order valence-electron chi connectivity index (χ4n) is 1.12. The lowest BCUT2D eigenvalue weighted by Gasteiger charge is -2.16. The Bertz CT molecular complexity index is 177. The molecule has 3 nitrogen and oxygen atoms in total. The van der Waals surface area contributed by atoms with Crippen LogP contribution in [-0.2, 0) is 0 Å². The number of nitrogens with zero attached hydrogens (tertiary/aromatic N) is 3. The molecule has 0 spiro atoms.